The van der Waals surface area contributed by atoms with E-state index in [9.17, 15) is 9.90 Å². The Labute approximate surface area is 117 Å². The molecule has 20 heavy (non-hydrogen) atoms. The molecule has 0 saturated carbocycles. The highest BCUT2D eigenvalue weighted by molar-refractivity contribution is 5.91. The highest BCUT2D eigenvalue weighted by Gasteiger charge is 2.21. The van der Waals surface area contributed by atoms with Crippen LogP contribution in [-0.4, -0.2) is 25.6 Å². The van der Waals surface area contributed by atoms with Crippen LogP contribution in [0.15, 0.2) is 12.4 Å². The number of aromatic nitrogens is 3. The summed E-state index contributed by atoms with van der Waals surface area (Å²) < 4.78 is 1.77. The number of carboxylic acids is 1. The second-order valence-electron chi connectivity index (χ2n) is 5.26. The van der Waals surface area contributed by atoms with Gasteiger partial charge in [-0.25, -0.2) is 14.8 Å². The van der Waals surface area contributed by atoms with Crippen LogP contribution < -0.4 is 0 Å². The fraction of sp³-hybridized carbons (Fsp3) is 0.400. The maximum absolute atomic E-state index is 11.5. The molecule has 0 saturated heterocycles. The summed E-state index contributed by atoms with van der Waals surface area (Å²) in [4.78, 5) is 20.4. The van der Waals surface area contributed by atoms with Gasteiger partial charge in [0.05, 0.1) is 5.69 Å². The Morgan fingerprint density at radius 3 is 2.70 bits per heavy atom. The summed E-state index contributed by atoms with van der Waals surface area (Å²) in [6.45, 7) is 3.83. The fourth-order valence-corrected chi connectivity index (χ4v) is 2.68. The minimum Gasteiger partial charge on any atom is -0.478 e. The van der Waals surface area contributed by atoms with Crippen molar-refractivity contribution in [2.75, 3.05) is 0 Å². The van der Waals surface area contributed by atoms with Gasteiger partial charge in [0.25, 0.3) is 0 Å². The predicted molar refractivity (Wildman–Crippen MR) is 74.4 cm³/mol. The minimum atomic E-state index is -0.938. The van der Waals surface area contributed by atoms with Crippen molar-refractivity contribution in [3.63, 3.8) is 0 Å². The number of aromatic carboxylic acids is 1. The number of hydrogen-bond acceptors (Lipinski definition) is 3. The molecule has 1 aliphatic rings. The Morgan fingerprint density at radius 2 is 2.05 bits per heavy atom. The zero-order chi connectivity index (χ0) is 14.3. The van der Waals surface area contributed by atoms with Gasteiger partial charge in [0.15, 0.2) is 5.82 Å². The first kappa shape index (κ1) is 12.8. The third-order valence-electron chi connectivity index (χ3n) is 3.99. The number of rotatable bonds is 2. The summed E-state index contributed by atoms with van der Waals surface area (Å²) in [5, 5.41) is 9.45. The van der Waals surface area contributed by atoms with Crippen molar-refractivity contribution in [2.45, 2.75) is 39.5 Å². The predicted octanol–water partition coefficient (Wildman–Crippen LogP) is 2.46. The van der Waals surface area contributed by atoms with Crippen molar-refractivity contribution < 1.29 is 9.90 Å². The minimum absolute atomic E-state index is 0.256. The molecular weight excluding hydrogens is 254 g/mol. The first-order chi connectivity index (χ1) is 9.58. The van der Waals surface area contributed by atoms with E-state index in [0.717, 1.165) is 48.3 Å². The summed E-state index contributed by atoms with van der Waals surface area (Å²) >= 11 is 0. The third kappa shape index (κ3) is 1.99. The molecule has 0 radical (unpaired) electrons. The van der Waals surface area contributed by atoms with Crippen LogP contribution in [0.25, 0.3) is 5.82 Å². The SMILES string of the molecule is Cc1ncn(-c2nc3c(cc2C(=O)O)CCCC3)c1C. The Balaban J connectivity index is 2.23. The Bertz CT molecular complexity index is 689. The van der Waals surface area contributed by atoms with E-state index in [1.54, 1.807) is 17.0 Å². The van der Waals surface area contributed by atoms with E-state index in [4.69, 9.17) is 0 Å². The summed E-state index contributed by atoms with van der Waals surface area (Å²) in [7, 11) is 0. The second-order valence-corrected chi connectivity index (χ2v) is 5.26. The van der Waals surface area contributed by atoms with Gasteiger partial charge in [0.1, 0.15) is 11.9 Å². The number of hydrogen-bond donors (Lipinski definition) is 1. The molecule has 2 aromatic heterocycles. The van der Waals surface area contributed by atoms with Gasteiger partial charge < -0.3 is 5.11 Å². The Hall–Kier alpha value is -2.17. The number of nitrogens with zero attached hydrogens (tertiary/aromatic N) is 3. The number of imidazole rings is 1. The zero-order valence-electron chi connectivity index (χ0n) is 11.7. The topological polar surface area (TPSA) is 68.0 Å². The lowest BCUT2D eigenvalue weighted by Gasteiger charge is -2.18. The van der Waals surface area contributed by atoms with Crippen LogP contribution in [0.3, 0.4) is 0 Å². The van der Waals surface area contributed by atoms with Gasteiger partial charge in [-0.05, 0) is 51.2 Å². The van der Waals surface area contributed by atoms with Gasteiger partial charge in [-0.15, -0.1) is 0 Å². The molecule has 0 atom stereocenters. The lowest BCUT2D eigenvalue weighted by atomic mass is 9.94. The molecule has 0 fully saturated rings. The molecule has 0 bridgehead atoms. The van der Waals surface area contributed by atoms with E-state index < -0.39 is 5.97 Å². The third-order valence-corrected chi connectivity index (χ3v) is 3.99. The van der Waals surface area contributed by atoms with Crippen LogP contribution in [0.2, 0.25) is 0 Å². The number of carboxylic acid groups (broad SMARTS) is 1. The molecule has 1 aliphatic carbocycles. The van der Waals surface area contributed by atoms with Crippen LogP contribution in [0, 0.1) is 13.8 Å². The van der Waals surface area contributed by atoms with Crippen molar-refractivity contribution in [1.82, 2.24) is 14.5 Å². The summed E-state index contributed by atoms with van der Waals surface area (Å²) in [5.74, 6) is -0.456. The molecule has 1 N–H and O–H groups in total. The monoisotopic (exact) mass is 271 g/mol. The average Bonchev–Trinajstić information content (AvgIpc) is 2.77. The lowest BCUT2D eigenvalue weighted by molar-refractivity contribution is 0.0696. The number of fused-ring (bicyclic) bond motifs is 1. The number of carbonyl (C=O) groups is 1. The number of aryl methyl sites for hydroxylation is 3. The molecule has 5 heteroatoms. The van der Waals surface area contributed by atoms with Crippen LogP contribution in [-0.2, 0) is 12.8 Å². The molecule has 0 amide bonds. The van der Waals surface area contributed by atoms with Gasteiger partial charge in [-0.3, -0.25) is 4.57 Å². The lowest BCUT2D eigenvalue weighted by Crippen LogP contribution is -2.14. The van der Waals surface area contributed by atoms with E-state index in [1.807, 2.05) is 13.8 Å². The first-order valence-corrected chi connectivity index (χ1v) is 6.85. The van der Waals surface area contributed by atoms with Gasteiger partial charge in [-0.1, -0.05) is 0 Å². The maximum atomic E-state index is 11.5. The average molecular weight is 271 g/mol. The van der Waals surface area contributed by atoms with Crippen LogP contribution in [0.4, 0.5) is 0 Å². The Kier molecular flexibility index (Phi) is 3.04. The smallest absolute Gasteiger partial charge is 0.339 e. The molecule has 104 valence electrons. The molecule has 0 aromatic carbocycles. The van der Waals surface area contributed by atoms with Crippen LogP contribution >= 0.6 is 0 Å². The molecule has 2 aromatic rings. The maximum Gasteiger partial charge on any atom is 0.339 e. The largest absolute Gasteiger partial charge is 0.478 e. The standard InChI is InChI=1S/C15H17N3O2/c1-9-10(2)18(8-16-9)14-12(15(19)20)7-11-5-3-4-6-13(11)17-14/h7-8H,3-6H2,1-2H3,(H,19,20). The van der Waals surface area contributed by atoms with Gasteiger partial charge in [-0.2, -0.15) is 0 Å². The van der Waals surface area contributed by atoms with E-state index in [1.165, 1.54) is 0 Å². The van der Waals surface area contributed by atoms with Gasteiger partial charge in [0, 0.05) is 11.4 Å². The molecule has 0 aliphatic heterocycles. The van der Waals surface area contributed by atoms with Crippen molar-refractivity contribution in [3.8, 4) is 5.82 Å². The second kappa shape index (κ2) is 4.74. The van der Waals surface area contributed by atoms with Crippen molar-refractivity contribution in [1.29, 1.82) is 0 Å². The summed E-state index contributed by atoms with van der Waals surface area (Å²) in [5.41, 5.74) is 4.18. The summed E-state index contributed by atoms with van der Waals surface area (Å²) in [6.07, 6.45) is 5.72. The van der Waals surface area contributed by atoms with E-state index in [-0.39, 0.29) is 5.56 Å². The molecule has 0 spiro atoms. The molecule has 0 unspecified atom stereocenters. The van der Waals surface area contributed by atoms with Crippen molar-refractivity contribution in [3.05, 3.63) is 40.6 Å². The van der Waals surface area contributed by atoms with E-state index >= 15 is 0 Å². The quantitative estimate of drug-likeness (QED) is 0.911. The zero-order valence-corrected chi connectivity index (χ0v) is 11.7. The van der Waals surface area contributed by atoms with Gasteiger partial charge >= 0.3 is 5.97 Å². The fourth-order valence-electron chi connectivity index (χ4n) is 2.68. The first-order valence-electron chi connectivity index (χ1n) is 6.85. The molecule has 5 nitrogen and oxygen atoms in total. The summed E-state index contributed by atoms with van der Waals surface area (Å²) in [6, 6.07) is 1.79. The van der Waals surface area contributed by atoms with Crippen LogP contribution in [0.1, 0.15) is 45.8 Å². The van der Waals surface area contributed by atoms with Crippen LogP contribution in [0.5, 0.6) is 0 Å². The number of pyridine rings is 1. The molecule has 3 rings (SSSR count). The normalized spacial score (nSPS) is 14.1. The van der Waals surface area contributed by atoms with E-state index in [2.05, 4.69) is 9.97 Å². The molecular formula is C15H17N3O2. The molecule has 2 heterocycles. The van der Waals surface area contributed by atoms with Crippen molar-refractivity contribution in [2.24, 2.45) is 0 Å². The Morgan fingerprint density at radius 1 is 1.30 bits per heavy atom. The van der Waals surface area contributed by atoms with Crippen molar-refractivity contribution >= 4 is 5.97 Å². The van der Waals surface area contributed by atoms with E-state index in [0.29, 0.717) is 5.82 Å². The van der Waals surface area contributed by atoms with Gasteiger partial charge in [0.2, 0.25) is 0 Å². The highest BCUT2D eigenvalue weighted by atomic mass is 16.4. The highest BCUT2D eigenvalue weighted by Crippen LogP contribution is 2.25.